The van der Waals surface area contributed by atoms with Gasteiger partial charge in [0.2, 0.25) is 0 Å². The zero-order valence-electron chi connectivity index (χ0n) is 66.7. The third-order valence-electron chi connectivity index (χ3n) is 18.5. The van der Waals surface area contributed by atoms with Gasteiger partial charge in [0.05, 0.1) is 26.4 Å². The Morgan fingerprint density at radius 2 is 0.490 bits per heavy atom. The van der Waals surface area contributed by atoms with Gasteiger partial charge in [-0.2, -0.15) is 0 Å². The van der Waals surface area contributed by atoms with Crippen LogP contribution < -0.4 is 0 Å². The monoisotopic (exact) mass is 1510 g/mol. The number of unbranched alkanes of at least 4 members (excludes halogenated alkanes) is 45. The quantitative estimate of drug-likeness (QED) is 0.0169. The van der Waals surface area contributed by atoms with E-state index in [4.69, 9.17) is 37.0 Å². The summed E-state index contributed by atoms with van der Waals surface area (Å²) in [4.78, 5) is 73.1. The first-order valence-electron chi connectivity index (χ1n) is 42.5. The first-order valence-corrected chi connectivity index (χ1v) is 45.5. The van der Waals surface area contributed by atoms with E-state index >= 15 is 0 Å². The van der Waals surface area contributed by atoms with E-state index in [1.165, 1.54) is 218 Å². The van der Waals surface area contributed by atoms with E-state index in [1.54, 1.807) is 0 Å². The lowest BCUT2D eigenvalue weighted by molar-refractivity contribution is -0.161. The van der Waals surface area contributed by atoms with E-state index in [0.717, 1.165) is 96.3 Å². The van der Waals surface area contributed by atoms with Gasteiger partial charge in [-0.25, -0.2) is 9.13 Å². The van der Waals surface area contributed by atoms with E-state index in [-0.39, 0.29) is 25.7 Å². The van der Waals surface area contributed by atoms with Crippen molar-refractivity contribution in [1.82, 2.24) is 0 Å². The highest BCUT2D eigenvalue weighted by Gasteiger charge is 2.30. The smallest absolute Gasteiger partial charge is 0.462 e. The van der Waals surface area contributed by atoms with E-state index < -0.39 is 97.5 Å². The fourth-order valence-electron chi connectivity index (χ4n) is 12.0. The highest BCUT2D eigenvalue weighted by Crippen LogP contribution is 2.45. The van der Waals surface area contributed by atoms with Crippen LogP contribution in [0.5, 0.6) is 0 Å². The summed E-state index contributed by atoms with van der Waals surface area (Å²) in [5.41, 5.74) is 0. The Hall–Kier alpha value is -3.24. The zero-order chi connectivity index (χ0) is 76.0. The largest absolute Gasteiger partial charge is 0.472 e. The lowest BCUT2D eigenvalue weighted by atomic mass is 10.0. The second-order valence-corrected chi connectivity index (χ2v) is 31.7. The van der Waals surface area contributed by atoms with Crippen LogP contribution in [0.1, 0.15) is 400 Å². The maximum Gasteiger partial charge on any atom is 0.472 e. The van der Waals surface area contributed by atoms with Gasteiger partial charge in [-0.05, 0) is 64.2 Å². The molecule has 0 aromatic carbocycles. The van der Waals surface area contributed by atoms with Crippen LogP contribution in [-0.2, 0) is 65.4 Å². The minimum Gasteiger partial charge on any atom is -0.462 e. The molecule has 0 saturated carbocycles. The number of allylic oxidation sites excluding steroid dienone is 10. The first kappa shape index (κ1) is 101. The number of phosphoric acid groups is 2. The fourth-order valence-corrected chi connectivity index (χ4v) is 13.6. The van der Waals surface area contributed by atoms with Crippen molar-refractivity contribution in [3.8, 4) is 0 Å². The molecule has 0 radical (unpaired) electrons. The normalized spacial score (nSPS) is 14.1. The molecular formula is C85H156O17P2. The lowest BCUT2D eigenvalue weighted by Crippen LogP contribution is -2.30. The number of rotatable bonds is 81. The molecule has 0 aliphatic heterocycles. The maximum absolute atomic E-state index is 13.1. The molecule has 0 amide bonds. The van der Waals surface area contributed by atoms with Crippen LogP contribution >= 0.6 is 15.6 Å². The van der Waals surface area contributed by atoms with Crippen molar-refractivity contribution < 1.29 is 80.2 Å². The fraction of sp³-hybridized carbons (Fsp3) is 0.835. The summed E-state index contributed by atoms with van der Waals surface area (Å²) < 4.78 is 68.7. The minimum absolute atomic E-state index is 0.0435. The second kappa shape index (κ2) is 77.9. The summed E-state index contributed by atoms with van der Waals surface area (Å²) in [5.74, 6) is -2.22. The molecule has 104 heavy (non-hydrogen) atoms. The molecule has 0 heterocycles. The van der Waals surface area contributed by atoms with Crippen LogP contribution in [0.2, 0.25) is 0 Å². The first-order chi connectivity index (χ1) is 50.7. The molecular weight excluding hydrogens is 1350 g/mol. The number of esters is 4. The van der Waals surface area contributed by atoms with Gasteiger partial charge >= 0.3 is 39.5 Å². The Morgan fingerprint density at radius 1 is 0.269 bits per heavy atom. The summed E-state index contributed by atoms with van der Waals surface area (Å²) in [6.45, 7) is 4.88. The summed E-state index contributed by atoms with van der Waals surface area (Å²) >= 11 is 0. The second-order valence-electron chi connectivity index (χ2n) is 28.8. The Labute approximate surface area is 635 Å². The summed E-state index contributed by atoms with van der Waals surface area (Å²) in [5, 5.41) is 10.7. The van der Waals surface area contributed by atoms with Crippen molar-refractivity contribution in [2.45, 2.75) is 418 Å². The van der Waals surface area contributed by atoms with Crippen LogP contribution in [0, 0.1) is 0 Å². The highest BCUT2D eigenvalue weighted by molar-refractivity contribution is 7.47. The third kappa shape index (κ3) is 76.9. The molecule has 2 unspecified atom stereocenters. The van der Waals surface area contributed by atoms with Crippen molar-refractivity contribution in [2.75, 3.05) is 39.6 Å². The van der Waals surface area contributed by atoms with Crippen LogP contribution in [0.15, 0.2) is 60.8 Å². The summed E-state index contributed by atoms with van der Waals surface area (Å²) in [6.07, 6.45) is 79.1. The zero-order valence-corrected chi connectivity index (χ0v) is 68.5. The van der Waals surface area contributed by atoms with Crippen LogP contribution in [0.3, 0.4) is 0 Å². The molecule has 0 aliphatic carbocycles. The molecule has 0 saturated heterocycles. The highest BCUT2D eigenvalue weighted by atomic mass is 31.2. The van der Waals surface area contributed by atoms with Crippen LogP contribution in [0.4, 0.5) is 0 Å². The minimum atomic E-state index is -4.99. The van der Waals surface area contributed by atoms with E-state index in [0.29, 0.717) is 32.1 Å². The Kier molecular flexibility index (Phi) is 75.5. The molecule has 0 spiro atoms. The topological polar surface area (TPSA) is 237 Å². The van der Waals surface area contributed by atoms with Crippen molar-refractivity contribution in [1.29, 1.82) is 0 Å². The molecule has 0 bridgehead atoms. The third-order valence-corrected chi connectivity index (χ3v) is 20.4. The number of ether oxygens (including phenoxy) is 4. The van der Waals surface area contributed by atoms with Crippen molar-refractivity contribution in [2.24, 2.45) is 0 Å². The molecule has 0 aromatic heterocycles. The number of carbonyl (C=O) groups is 4. The molecule has 0 fully saturated rings. The molecule has 5 atom stereocenters. The molecule has 0 aliphatic rings. The molecule has 3 N–H and O–H groups in total. The average Bonchev–Trinajstić information content (AvgIpc) is 0.918. The predicted molar refractivity (Wildman–Crippen MR) is 427 cm³/mol. The summed E-state index contributed by atoms with van der Waals surface area (Å²) in [6, 6.07) is 0. The number of aliphatic hydroxyl groups excluding tert-OH is 1. The number of carbonyl (C=O) groups excluding carboxylic acids is 4. The summed E-state index contributed by atoms with van der Waals surface area (Å²) in [7, 11) is -9.96. The number of hydrogen-bond donors (Lipinski definition) is 3. The number of aliphatic hydroxyl groups is 1. The van der Waals surface area contributed by atoms with Gasteiger partial charge < -0.3 is 33.8 Å². The van der Waals surface area contributed by atoms with Gasteiger partial charge in [-0.15, -0.1) is 0 Å². The van der Waals surface area contributed by atoms with Crippen LogP contribution in [-0.4, -0.2) is 96.7 Å². The SMILES string of the molecule is CCCCC/C=C\C/C=C\C/C=C\C/C=C\C/C=C\CCC(=O)OC[C@H](COP(=O)(O)OC[C@@H](O)COP(=O)(O)OC[C@@H](COC(=O)CCCCCCCCCCCCCCCCC)OC(=O)CCCCCCCCCCCCCCCCC)OC(=O)CCCCCCCCCCCCCCCCC. The standard InChI is InChI=1S/C85H156O17P2/c1-5-9-13-17-21-25-29-33-37-38-39-40-44-46-50-54-58-62-66-70-83(88)96-76-81(102-85(90)72-68-64-60-56-52-48-43-36-32-28-24-20-16-12-8-4)78-100-104(93,94)98-74-79(86)73-97-103(91,92)99-77-80(101-84(89)71-67-63-59-55-51-47-42-35-31-27-23-19-15-11-7-3)75-95-82(87)69-65-61-57-53-49-45-41-34-30-26-22-18-14-10-6-2/h21,25,33,37,39-40,46,50,58,62,79-81,86H,5-20,22-24,26-32,34-36,38,41-45,47-49,51-57,59-61,63-78H2,1-4H3,(H,91,92)(H,93,94)/b25-21-,37-33-,40-39-,50-46-,62-58-/t79-,80+,81+/m0/s1. The van der Waals surface area contributed by atoms with Gasteiger partial charge in [0.25, 0.3) is 0 Å². The van der Waals surface area contributed by atoms with Crippen molar-refractivity contribution >= 4 is 39.5 Å². The molecule has 0 aromatic rings. The van der Waals surface area contributed by atoms with Gasteiger partial charge in [0, 0.05) is 25.7 Å². The van der Waals surface area contributed by atoms with Gasteiger partial charge in [-0.3, -0.25) is 37.3 Å². The van der Waals surface area contributed by atoms with E-state index in [2.05, 4.69) is 76.3 Å². The average molecular weight is 1510 g/mol. The molecule has 17 nitrogen and oxygen atoms in total. The van der Waals surface area contributed by atoms with Gasteiger partial charge in [0.15, 0.2) is 12.2 Å². The van der Waals surface area contributed by atoms with Gasteiger partial charge in [0.1, 0.15) is 19.3 Å². The van der Waals surface area contributed by atoms with Gasteiger partial charge in [-0.1, -0.05) is 371 Å². The van der Waals surface area contributed by atoms with Crippen molar-refractivity contribution in [3.63, 3.8) is 0 Å². The maximum atomic E-state index is 13.1. The van der Waals surface area contributed by atoms with Crippen molar-refractivity contribution in [3.05, 3.63) is 60.8 Å². The number of hydrogen-bond acceptors (Lipinski definition) is 15. The molecule has 0 rings (SSSR count). The number of phosphoric ester groups is 2. The van der Waals surface area contributed by atoms with E-state index in [1.807, 2.05) is 12.2 Å². The Morgan fingerprint density at radius 3 is 0.779 bits per heavy atom. The molecule has 608 valence electrons. The van der Waals surface area contributed by atoms with Crippen LogP contribution in [0.25, 0.3) is 0 Å². The van der Waals surface area contributed by atoms with E-state index in [9.17, 15) is 43.2 Å². The Bertz CT molecular complexity index is 2200. The lowest BCUT2D eigenvalue weighted by Gasteiger charge is -2.21. The molecule has 19 heteroatoms. The Balaban J connectivity index is 5.37. The predicted octanol–water partition coefficient (Wildman–Crippen LogP) is 25.0.